The highest BCUT2D eigenvalue weighted by Crippen LogP contribution is 2.54. The Morgan fingerprint density at radius 3 is 2.16 bits per heavy atom. The lowest BCUT2D eigenvalue weighted by atomic mass is 10.1. The molecule has 0 spiro atoms. The molecule has 0 heterocycles. The Morgan fingerprint density at radius 1 is 1.11 bits per heavy atom. The van der Waals surface area contributed by atoms with Gasteiger partial charge in [-0.1, -0.05) is 31.8 Å². The van der Waals surface area contributed by atoms with Gasteiger partial charge in [-0.25, -0.2) is 4.79 Å². The Morgan fingerprint density at radius 2 is 1.63 bits per heavy atom. The molecule has 2 rings (SSSR count). The fourth-order valence-electron chi connectivity index (χ4n) is 3.28. The molecular formula is C14H23O4P. The smallest absolute Gasteiger partial charge is 0.331 e. The Labute approximate surface area is 114 Å². The summed E-state index contributed by atoms with van der Waals surface area (Å²) < 4.78 is 12.4. The summed E-state index contributed by atoms with van der Waals surface area (Å²) in [6, 6.07) is 0. The van der Waals surface area contributed by atoms with Gasteiger partial charge >= 0.3 is 5.97 Å². The van der Waals surface area contributed by atoms with Crippen molar-refractivity contribution in [1.82, 2.24) is 0 Å². The van der Waals surface area contributed by atoms with Gasteiger partial charge in [-0.15, -0.1) is 0 Å². The van der Waals surface area contributed by atoms with Crippen LogP contribution in [-0.2, 0) is 9.36 Å². The zero-order valence-electron chi connectivity index (χ0n) is 11.3. The molecule has 0 aromatic rings. The monoisotopic (exact) mass is 286 g/mol. The molecule has 2 saturated carbocycles. The van der Waals surface area contributed by atoms with Gasteiger partial charge in [-0.3, -0.25) is 4.57 Å². The molecule has 0 saturated heterocycles. The van der Waals surface area contributed by atoms with E-state index in [4.69, 9.17) is 0 Å². The molecule has 0 bridgehead atoms. The third kappa shape index (κ3) is 3.93. The average molecular weight is 286 g/mol. The van der Waals surface area contributed by atoms with E-state index in [9.17, 15) is 19.4 Å². The molecule has 2 N–H and O–H groups in total. The van der Waals surface area contributed by atoms with Crippen molar-refractivity contribution in [3.63, 3.8) is 0 Å². The molecule has 1 unspecified atom stereocenters. The molecule has 108 valence electrons. The van der Waals surface area contributed by atoms with E-state index < -0.39 is 13.3 Å². The molecule has 0 amide bonds. The van der Waals surface area contributed by atoms with Gasteiger partial charge in [-0.05, 0) is 31.6 Å². The van der Waals surface area contributed by atoms with Gasteiger partial charge in [0.2, 0.25) is 7.37 Å². The molecule has 4 nitrogen and oxygen atoms in total. The van der Waals surface area contributed by atoms with Crippen LogP contribution in [0.2, 0.25) is 0 Å². The lowest BCUT2D eigenvalue weighted by Crippen LogP contribution is -2.13. The maximum atomic E-state index is 12.4. The summed E-state index contributed by atoms with van der Waals surface area (Å²) in [5.41, 5.74) is -0.0246. The van der Waals surface area contributed by atoms with Gasteiger partial charge in [0, 0.05) is 11.2 Å². The molecule has 0 aromatic heterocycles. The SMILES string of the molecule is O=C(O)/C(=C/C1CCCC1)CP(=O)(O)C1CCCC1. The van der Waals surface area contributed by atoms with Crippen LogP contribution < -0.4 is 0 Å². The summed E-state index contributed by atoms with van der Waals surface area (Å²) >= 11 is 0. The first-order chi connectivity index (χ1) is 8.99. The van der Waals surface area contributed by atoms with Crippen molar-refractivity contribution >= 4 is 13.3 Å². The van der Waals surface area contributed by atoms with Gasteiger partial charge in [0.05, 0.1) is 6.16 Å². The van der Waals surface area contributed by atoms with Crippen molar-refractivity contribution in [1.29, 1.82) is 0 Å². The number of hydrogen-bond donors (Lipinski definition) is 2. The second-order valence-electron chi connectivity index (χ2n) is 5.89. The summed E-state index contributed by atoms with van der Waals surface area (Å²) in [6.45, 7) is 0. The highest BCUT2D eigenvalue weighted by atomic mass is 31.2. The average Bonchev–Trinajstić information content (AvgIpc) is 3.00. The van der Waals surface area contributed by atoms with Crippen LogP contribution in [0.1, 0.15) is 51.4 Å². The van der Waals surface area contributed by atoms with Crippen LogP contribution in [0.15, 0.2) is 11.6 Å². The predicted octanol–water partition coefficient (Wildman–Crippen LogP) is 3.40. The maximum Gasteiger partial charge on any atom is 0.331 e. The van der Waals surface area contributed by atoms with Crippen LogP contribution in [0.25, 0.3) is 0 Å². The fourth-order valence-corrected chi connectivity index (χ4v) is 5.44. The molecule has 5 heteroatoms. The first kappa shape index (κ1) is 14.8. The van der Waals surface area contributed by atoms with Crippen LogP contribution in [0.4, 0.5) is 0 Å². The number of allylic oxidation sites excluding steroid dienone is 1. The van der Waals surface area contributed by atoms with Crippen molar-refractivity contribution in [2.75, 3.05) is 6.16 Å². The van der Waals surface area contributed by atoms with E-state index in [-0.39, 0.29) is 23.3 Å². The number of carbonyl (C=O) groups is 1. The molecular weight excluding hydrogens is 263 g/mol. The Balaban J connectivity index is 2.07. The molecule has 2 fully saturated rings. The summed E-state index contributed by atoms with van der Waals surface area (Å²) in [4.78, 5) is 21.4. The van der Waals surface area contributed by atoms with E-state index in [0.717, 1.165) is 51.4 Å². The lowest BCUT2D eigenvalue weighted by Gasteiger charge is -2.19. The van der Waals surface area contributed by atoms with Crippen LogP contribution in [0.3, 0.4) is 0 Å². The van der Waals surface area contributed by atoms with Crippen LogP contribution >= 0.6 is 7.37 Å². The molecule has 0 aliphatic heterocycles. The van der Waals surface area contributed by atoms with E-state index in [1.54, 1.807) is 6.08 Å². The van der Waals surface area contributed by atoms with E-state index in [2.05, 4.69) is 0 Å². The minimum Gasteiger partial charge on any atom is -0.478 e. The van der Waals surface area contributed by atoms with E-state index in [1.165, 1.54) is 0 Å². The van der Waals surface area contributed by atoms with E-state index >= 15 is 0 Å². The number of carboxylic acid groups (broad SMARTS) is 1. The summed E-state index contributed by atoms with van der Waals surface area (Å²) in [5.74, 6) is -0.742. The normalized spacial score (nSPS) is 25.6. The standard InChI is InChI=1S/C14H23O4P/c15-14(16)12(9-11-5-1-2-6-11)10-19(17,18)13-7-3-4-8-13/h9,11,13H,1-8,10H2,(H,15,16)(H,17,18)/b12-9+. The van der Waals surface area contributed by atoms with Gasteiger partial charge < -0.3 is 10.00 Å². The third-order valence-corrected chi connectivity index (χ3v) is 6.85. The van der Waals surface area contributed by atoms with Crippen LogP contribution in [0, 0.1) is 5.92 Å². The Hall–Kier alpha value is -0.600. The second-order valence-corrected chi connectivity index (χ2v) is 8.45. The number of hydrogen-bond acceptors (Lipinski definition) is 2. The zero-order chi connectivity index (χ0) is 13.9. The summed E-state index contributed by atoms with van der Waals surface area (Å²) in [5, 5.41) is 9.24. The summed E-state index contributed by atoms with van der Waals surface area (Å²) in [7, 11) is -3.36. The maximum absolute atomic E-state index is 12.4. The number of rotatable bonds is 5. The topological polar surface area (TPSA) is 74.6 Å². The van der Waals surface area contributed by atoms with Gasteiger partial charge in [-0.2, -0.15) is 0 Å². The Bertz CT molecular complexity index is 404. The van der Waals surface area contributed by atoms with Crippen LogP contribution in [0.5, 0.6) is 0 Å². The molecule has 2 aliphatic rings. The van der Waals surface area contributed by atoms with Gasteiger partial charge in [0.1, 0.15) is 0 Å². The second kappa shape index (κ2) is 6.23. The molecule has 1 atom stereocenters. The van der Waals surface area contributed by atoms with Crippen molar-refractivity contribution in [3.05, 3.63) is 11.6 Å². The molecule has 0 aromatic carbocycles. The van der Waals surface area contributed by atoms with Gasteiger partial charge in [0.15, 0.2) is 0 Å². The van der Waals surface area contributed by atoms with Crippen LogP contribution in [-0.4, -0.2) is 27.8 Å². The first-order valence-corrected chi connectivity index (χ1v) is 9.16. The van der Waals surface area contributed by atoms with Crippen molar-refractivity contribution in [2.45, 2.75) is 57.0 Å². The largest absolute Gasteiger partial charge is 0.478 e. The van der Waals surface area contributed by atoms with Crippen molar-refractivity contribution in [3.8, 4) is 0 Å². The lowest BCUT2D eigenvalue weighted by molar-refractivity contribution is -0.132. The quantitative estimate of drug-likeness (QED) is 0.600. The van der Waals surface area contributed by atoms with E-state index in [1.807, 2.05) is 0 Å². The van der Waals surface area contributed by atoms with E-state index in [0.29, 0.717) is 0 Å². The molecule has 2 aliphatic carbocycles. The predicted molar refractivity (Wildman–Crippen MR) is 74.6 cm³/mol. The van der Waals surface area contributed by atoms with Gasteiger partial charge in [0.25, 0.3) is 0 Å². The van der Waals surface area contributed by atoms with Crippen molar-refractivity contribution in [2.24, 2.45) is 5.92 Å². The molecule has 19 heavy (non-hydrogen) atoms. The number of carboxylic acids is 1. The highest BCUT2D eigenvalue weighted by molar-refractivity contribution is 7.59. The molecule has 0 radical (unpaired) electrons. The summed E-state index contributed by atoms with van der Waals surface area (Å²) in [6.07, 6.45) is 9.39. The first-order valence-electron chi connectivity index (χ1n) is 7.24. The van der Waals surface area contributed by atoms with Crippen molar-refractivity contribution < 1.29 is 19.4 Å². The fraction of sp³-hybridized carbons (Fsp3) is 0.786. The highest BCUT2D eigenvalue weighted by Gasteiger charge is 2.35. The zero-order valence-corrected chi connectivity index (χ0v) is 12.1. The Kier molecular flexibility index (Phi) is 4.86. The minimum atomic E-state index is -3.36. The minimum absolute atomic E-state index is 0.149. The third-order valence-electron chi connectivity index (χ3n) is 4.40. The number of aliphatic carboxylic acids is 1.